The summed E-state index contributed by atoms with van der Waals surface area (Å²) in [7, 11) is 0. The minimum atomic E-state index is -0.223. The topological polar surface area (TPSA) is 48.4 Å². The maximum atomic E-state index is 11.6. The van der Waals surface area contributed by atoms with E-state index < -0.39 is 0 Å². The number of pyridine rings is 1. The van der Waals surface area contributed by atoms with Crippen molar-refractivity contribution < 1.29 is 14.3 Å². The molecule has 1 aliphatic rings. The number of hydrogen-bond acceptors (Lipinski definition) is 4. The molecule has 33 heavy (non-hydrogen) atoms. The monoisotopic (exact) mass is 445 g/mol. The molecule has 0 fully saturated rings. The average Bonchev–Trinajstić information content (AvgIpc) is 2.83. The number of hydrogen-bond donors (Lipinski definition) is 0. The lowest BCUT2D eigenvalue weighted by molar-refractivity contribution is -0.138. The lowest BCUT2D eigenvalue weighted by Crippen LogP contribution is -2.04. The lowest BCUT2D eigenvalue weighted by Gasteiger charge is -2.10. The highest BCUT2D eigenvalue weighted by Gasteiger charge is 2.05. The van der Waals surface area contributed by atoms with Crippen molar-refractivity contribution in [2.75, 3.05) is 13.2 Å². The number of benzene rings is 1. The molecule has 0 amide bonds. The Kier molecular flexibility index (Phi) is 9.49. The molecule has 0 bridgehead atoms. The van der Waals surface area contributed by atoms with Crippen LogP contribution >= 0.6 is 0 Å². The normalized spacial score (nSPS) is 14.3. The van der Waals surface area contributed by atoms with Crippen LogP contribution in [0.1, 0.15) is 58.6 Å². The van der Waals surface area contributed by atoms with Crippen LogP contribution in [-0.2, 0) is 16.0 Å². The molecule has 3 rings (SSSR count). The number of rotatable bonds is 11. The number of fused-ring (bicyclic) bond motifs is 1. The molecule has 0 atom stereocenters. The summed E-state index contributed by atoms with van der Waals surface area (Å²) < 4.78 is 11.0. The highest BCUT2D eigenvalue weighted by Crippen LogP contribution is 2.22. The van der Waals surface area contributed by atoms with Crippen molar-refractivity contribution >= 4 is 16.9 Å². The van der Waals surface area contributed by atoms with Crippen molar-refractivity contribution in [2.45, 2.75) is 59.3 Å². The van der Waals surface area contributed by atoms with E-state index >= 15 is 0 Å². The summed E-state index contributed by atoms with van der Waals surface area (Å²) >= 11 is 0. The smallest absolute Gasteiger partial charge is 0.333 e. The minimum Gasteiger partial charge on any atom is -0.489 e. The molecular formula is C29H35NO3. The van der Waals surface area contributed by atoms with Crippen molar-refractivity contribution in [2.24, 2.45) is 0 Å². The second kappa shape index (κ2) is 12.8. The van der Waals surface area contributed by atoms with Gasteiger partial charge in [-0.2, -0.15) is 0 Å². The fraction of sp³-hybridized carbons (Fsp3) is 0.379. The van der Waals surface area contributed by atoms with Gasteiger partial charge in [-0.05, 0) is 89.1 Å². The SMILES string of the molecule is CCOC(=O)/C(C)=C/CC/C(C)=C/CCc1ccc2cc(OCC3=CCCC=C3)ccc2n1. The van der Waals surface area contributed by atoms with E-state index in [0.717, 1.165) is 60.9 Å². The number of aryl methyl sites for hydroxylation is 1. The van der Waals surface area contributed by atoms with Gasteiger partial charge in [0.05, 0.1) is 12.1 Å². The Labute approximate surface area is 197 Å². The summed E-state index contributed by atoms with van der Waals surface area (Å²) in [5.74, 6) is 0.654. The quantitative estimate of drug-likeness (QED) is 0.211. The van der Waals surface area contributed by atoms with Crippen LogP contribution in [0, 0.1) is 0 Å². The summed E-state index contributed by atoms with van der Waals surface area (Å²) in [5.41, 5.74) is 5.34. The van der Waals surface area contributed by atoms with Crippen LogP contribution in [0.3, 0.4) is 0 Å². The first-order valence-electron chi connectivity index (χ1n) is 11.9. The molecule has 174 valence electrons. The van der Waals surface area contributed by atoms with E-state index in [1.165, 1.54) is 11.1 Å². The predicted octanol–water partition coefficient (Wildman–Crippen LogP) is 7.06. The third kappa shape index (κ3) is 8.05. The van der Waals surface area contributed by atoms with Crippen LogP contribution in [0.5, 0.6) is 5.75 Å². The van der Waals surface area contributed by atoms with Crippen LogP contribution in [0.15, 0.2) is 77.4 Å². The maximum Gasteiger partial charge on any atom is 0.333 e. The average molecular weight is 446 g/mol. The molecule has 1 aliphatic carbocycles. The summed E-state index contributed by atoms with van der Waals surface area (Å²) in [6.07, 6.45) is 16.7. The second-order valence-corrected chi connectivity index (χ2v) is 8.44. The minimum absolute atomic E-state index is 0.223. The zero-order chi connectivity index (χ0) is 23.5. The van der Waals surface area contributed by atoms with Gasteiger partial charge in [0.25, 0.3) is 0 Å². The Morgan fingerprint density at radius 1 is 1.09 bits per heavy atom. The van der Waals surface area contributed by atoms with Crippen molar-refractivity contribution in [3.05, 3.63) is 83.1 Å². The highest BCUT2D eigenvalue weighted by molar-refractivity contribution is 5.87. The molecule has 0 saturated heterocycles. The first-order valence-corrected chi connectivity index (χ1v) is 11.9. The molecule has 1 aromatic carbocycles. The zero-order valence-corrected chi connectivity index (χ0v) is 20.1. The van der Waals surface area contributed by atoms with Crippen molar-refractivity contribution in [3.8, 4) is 5.75 Å². The van der Waals surface area contributed by atoms with Gasteiger partial charge in [0.15, 0.2) is 0 Å². The molecule has 0 saturated carbocycles. The molecule has 0 radical (unpaired) electrons. The lowest BCUT2D eigenvalue weighted by atomic mass is 10.1. The fourth-order valence-electron chi connectivity index (χ4n) is 3.73. The molecule has 0 spiro atoms. The summed E-state index contributed by atoms with van der Waals surface area (Å²) in [5, 5.41) is 1.10. The molecule has 1 heterocycles. The van der Waals surface area contributed by atoms with Gasteiger partial charge >= 0.3 is 5.97 Å². The number of carbonyl (C=O) groups is 1. The van der Waals surface area contributed by atoms with E-state index in [0.29, 0.717) is 18.8 Å². The first kappa shape index (κ1) is 24.5. The number of aromatic nitrogens is 1. The highest BCUT2D eigenvalue weighted by atomic mass is 16.5. The van der Waals surface area contributed by atoms with E-state index in [9.17, 15) is 4.79 Å². The zero-order valence-electron chi connectivity index (χ0n) is 20.1. The first-order chi connectivity index (χ1) is 16.0. The molecule has 1 aromatic heterocycles. The van der Waals surface area contributed by atoms with Gasteiger partial charge in [-0.3, -0.25) is 4.98 Å². The van der Waals surface area contributed by atoms with Crippen LogP contribution in [0.4, 0.5) is 0 Å². The van der Waals surface area contributed by atoms with Gasteiger partial charge in [-0.1, -0.05) is 42.0 Å². The van der Waals surface area contributed by atoms with Crippen LogP contribution in [0.2, 0.25) is 0 Å². The van der Waals surface area contributed by atoms with E-state index in [1.54, 1.807) is 0 Å². The van der Waals surface area contributed by atoms with E-state index in [-0.39, 0.29) is 5.97 Å². The Morgan fingerprint density at radius 2 is 1.97 bits per heavy atom. The summed E-state index contributed by atoms with van der Waals surface area (Å²) in [6, 6.07) is 10.3. The third-order valence-corrected chi connectivity index (χ3v) is 5.68. The van der Waals surface area contributed by atoms with E-state index in [1.807, 2.05) is 32.1 Å². The summed E-state index contributed by atoms with van der Waals surface area (Å²) in [4.78, 5) is 16.5. The van der Waals surface area contributed by atoms with Gasteiger partial charge < -0.3 is 9.47 Å². The molecule has 0 unspecified atom stereocenters. The van der Waals surface area contributed by atoms with Gasteiger partial charge in [-0.15, -0.1) is 0 Å². The Balaban J connectivity index is 1.48. The number of nitrogens with zero attached hydrogens (tertiary/aromatic N) is 1. The number of ether oxygens (including phenoxy) is 2. The third-order valence-electron chi connectivity index (χ3n) is 5.68. The molecule has 4 nitrogen and oxygen atoms in total. The van der Waals surface area contributed by atoms with Crippen molar-refractivity contribution in [1.29, 1.82) is 0 Å². The van der Waals surface area contributed by atoms with Crippen molar-refractivity contribution in [1.82, 2.24) is 4.98 Å². The maximum absolute atomic E-state index is 11.6. The standard InChI is InChI=1S/C29H35NO3/c1-4-32-29(31)23(3)12-8-10-22(2)11-9-15-26-17-16-25-20-27(18-19-28(25)30-26)33-21-24-13-6-5-7-14-24/h6,11-14,16-20H,4-5,7-10,15,21H2,1-3H3/b22-11+,23-12+. The number of allylic oxidation sites excluding steroid dienone is 5. The Morgan fingerprint density at radius 3 is 2.76 bits per heavy atom. The molecule has 0 N–H and O–H groups in total. The van der Waals surface area contributed by atoms with Crippen LogP contribution in [-0.4, -0.2) is 24.2 Å². The Bertz CT molecular complexity index is 1080. The fourth-order valence-corrected chi connectivity index (χ4v) is 3.73. The van der Waals surface area contributed by atoms with Crippen molar-refractivity contribution in [3.63, 3.8) is 0 Å². The molecule has 2 aromatic rings. The van der Waals surface area contributed by atoms with Gasteiger partial charge in [0, 0.05) is 16.7 Å². The van der Waals surface area contributed by atoms with E-state index in [4.69, 9.17) is 14.5 Å². The Hall–Kier alpha value is -3.14. The van der Waals surface area contributed by atoms with E-state index in [2.05, 4.69) is 49.4 Å². The molecular weight excluding hydrogens is 410 g/mol. The van der Waals surface area contributed by atoms with Gasteiger partial charge in [0.2, 0.25) is 0 Å². The second-order valence-electron chi connectivity index (χ2n) is 8.44. The molecule has 0 aliphatic heterocycles. The van der Waals surface area contributed by atoms with Crippen LogP contribution < -0.4 is 4.74 Å². The largest absolute Gasteiger partial charge is 0.489 e. The van der Waals surface area contributed by atoms with Gasteiger partial charge in [0.1, 0.15) is 12.4 Å². The summed E-state index contributed by atoms with van der Waals surface area (Å²) in [6.45, 7) is 6.79. The molecule has 4 heteroatoms. The van der Waals surface area contributed by atoms with Gasteiger partial charge in [-0.25, -0.2) is 4.79 Å². The number of esters is 1. The van der Waals surface area contributed by atoms with Crippen LogP contribution in [0.25, 0.3) is 10.9 Å². The number of carbonyl (C=O) groups excluding carboxylic acids is 1. The predicted molar refractivity (Wildman–Crippen MR) is 135 cm³/mol.